The highest BCUT2D eigenvalue weighted by molar-refractivity contribution is 5.94. The van der Waals surface area contributed by atoms with Gasteiger partial charge in [0.25, 0.3) is 0 Å². The molecular formula is C17H26N4O. The molecule has 0 aliphatic rings. The number of nitrogens with two attached hydrogens (primary N) is 2. The summed E-state index contributed by atoms with van der Waals surface area (Å²) in [6, 6.07) is 5.25. The van der Waals surface area contributed by atoms with Crippen LogP contribution in [0.3, 0.4) is 0 Å². The Bertz CT molecular complexity index is 588. The number of ether oxygens (including phenoxy) is 1. The van der Waals surface area contributed by atoms with E-state index in [1.807, 2.05) is 13.0 Å². The summed E-state index contributed by atoms with van der Waals surface area (Å²) in [5, 5.41) is 7.30. The molecule has 5 heteroatoms. The summed E-state index contributed by atoms with van der Waals surface area (Å²) in [7, 11) is 1.72. The minimum Gasteiger partial charge on any atom is -0.398 e. The molecule has 0 unspecified atom stereocenters. The fourth-order valence-corrected chi connectivity index (χ4v) is 1.86. The van der Waals surface area contributed by atoms with Crippen LogP contribution in [-0.2, 0) is 4.74 Å². The van der Waals surface area contributed by atoms with Crippen molar-refractivity contribution in [1.82, 2.24) is 0 Å². The fraction of sp³-hybridized carbons (Fsp3) is 0.412. The first-order chi connectivity index (χ1) is 10.3. The Hall–Kier alpha value is -2.14. The number of amidine groups is 1. The second-order valence-corrected chi connectivity index (χ2v) is 5.95. The third-order valence-electron chi connectivity index (χ3n) is 3.55. The molecule has 0 atom stereocenters. The Balaban J connectivity index is 2.80. The van der Waals surface area contributed by atoms with Gasteiger partial charge in [0, 0.05) is 24.6 Å². The van der Waals surface area contributed by atoms with Gasteiger partial charge in [0.1, 0.15) is 5.84 Å². The van der Waals surface area contributed by atoms with E-state index in [4.69, 9.17) is 21.6 Å². The van der Waals surface area contributed by atoms with Crippen molar-refractivity contribution in [2.24, 2.45) is 10.7 Å². The molecule has 0 spiro atoms. The lowest BCUT2D eigenvalue weighted by Gasteiger charge is -2.22. The SMILES string of the molecule is COC(C)(C)CC/C(C)=C\C(N)=Nc1ccc(N)c(C=N)c1. The predicted molar refractivity (Wildman–Crippen MR) is 94.1 cm³/mol. The zero-order valence-electron chi connectivity index (χ0n) is 13.8. The minimum atomic E-state index is -0.142. The van der Waals surface area contributed by atoms with Gasteiger partial charge in [0.2, 0.25) is 0 Å². The van der Waals surface area contributed by atoms with Crippen LogP contribution in [0.15, 0.2) is 34.8 Å². The molecular weight excluding hydrogens is 276 g/mol. The van der Waals surface area contributed by atoms with Gasteiger partial charge in [-0.05, 0) is 57.9 Å². The number of allylic oxidation sites excluding steroid dienone is 1. The van der Waals surface area contributed by atoms with E-state index in [2.05, 4.69) is 18.8 Å². The van der Waals surface area contributed by atoms with Gasteiger partial charge in [0.05, 0.1) is 11.3 Å². The van der Waals surface area contributed by atoms with Crippen molar-refractivity contribution in [1.29, 1.82) is 5.41 Å². The van der Waals surface area contributed by atoms with Gasteiger partial charge in [-0.2, -0.15) is 0 Å². The maximum absolute atomic E-state index is 7.30. The number of benzene rings is 1. The van der Waals surface area contributed by atoms with Gasteiger partial charge in [-0.15, -0.1) is 0 Å². The van der Waals surface area contributed by atoms with Gasteiger partial charge < -0.3 is 21.6 Å². The predicted octanol–water partition coefficient (Wildman–Crippen LogP) is 3.41. The van der Waals surface area contributed by atoms with Crippen LogP contribution in [0, 0.1) is 5.41 Å². The molecule has 1 aromatic carbocycles. The van der Waals surface area contributed by atoms with Crippen LogP contribution in [0.25, 0.3) is 0 Å². The van der Waals surface area contributed by atoms with E-state index in [0.717, 1.165) is 18.4 Å². The average Bonchev–Trinajstić information content (AvgIpc) is 2.47. The number of hydrogen-bond donors (Lipinski definition) is 3. The summed E-state index contributed by atoms with van der Waals surface area (Å²) in [5.41, 5.74) is 14.6. The second kappa shape index (κ2) is 7.75. The highest BCUT2D eigenvalue weighted by Crippen LogP contribution is 2.20. The first-order valence-corrected chi connectivity index (χ1v) is 7.24. The number of nitrogens with one attached hydrogen (secondary N) is 1. The highest BCUT2D eigenvalue weighted by Gasteiger charge is 2.15. The molecule has 1 rings (SSSR count). The average molecular weight is 302 g/mol. The van der Waals surface area contributed by atoms with Gasteiger partial charge in [-0.1, -0.05) is 5.57 Å². The molecule has 5 nitrogen and oxygen atoms in total. The van der Waals surface area contributed by atoms with Crippen LogP contribution in [0.4, 0.5) is 11.4 Å². The van der Waals surface area contributed by atoms with Crippen molar-refractivity contribution >= 4 is 23.4 Å². The largest absolute Gasteiger partial charge is 0.398 e. The van der Waals surface area contributed by atoms with Crippen LogP contribution in [0.2, 0.25) is 0 Å². The zero-order chi connectivity index (χ0) is 16.8. The number of hydrogen-bond acceptors (Lipinski definition) is 4. The lowest BCUT2D eigenvalue weighted by Crippen LogP contribution is -2.22. The molecule has 22 heavy (non-hydrogen) atoms. The van der Waals surface area contributed by atoms with Crippen molar-refractivity contribution < 1.29 is 4.74 Å². The van der Waals surface area contributed by atoms with E-state index < -0.39 is 0 Å². The maximum atomic E-state index is 7.30. The Morgan fingerprint density at radius 3 is 2.68 bits per heavy atom. The monoisotopic (exact) mass is 302 g/mol. The molecule has 0 aromatic heterocycles. The van der Waals surface area contributed by atoms with E-state index in [1.165, 1.54) is 6.21 Å². The van der Waals surface area contributed by atoms with Crippen molar-refractivity contribution in [3.05, 3.63) is 35.4 Å². The second-order valence-electron chi connectivity index (χ2n) is 5.95. The van der Waals surface area contributed by atoms with E-state index in [1.54, 1.807) is 25.3 Å². The van der Waals surface area contributed by atoms with Gasteiger partial charge in [-0.25, -0.2) is 4.99 Å². The molecule has 0 aliphatic heterocycles. The fourth-order valence-electron chi connectivity index (χ4n) is 1.86. The first-order valence-electron chi connectivity index (χ1n) is 7.24. The number of methoxy groups -OCH3 is 1. The van der Waals surface area contributed by atoms with Crippen molar-refractivity contribution in [3.8, 4) is 0 Å². The third kappa shape index (κ3) is 5.69. The number of rotatable bonds is 7. The lowest BCUT2D eigenvalue weighted by molar-refractivity contribution is 0.0158. The third-order valence-corrected chi connectivity index (χ3v) is 3.55. The van der Waals surface area contributed by atoms with Gasteiger partial charge in [-0.3, -0.25) is 0 Å². The number of nitrogen functional groups attached to an aromatic ring is 1. The number of anilines is 1. The van der Waals surface area contributed by atoms with Crippen molar-refractivity contribution in [3.63, 3.8) is 0 Å². The molecule has 0 heterocycles. The minimum absolute atomic E-state index is 0.142. The van der Waals surface area contributed by atoms with E-state index >= 15 is 0 Å². The number of nitrogens with zero attached hydrogens (tertiary/aromatic N) is 1. The molecule has 0 fully saturated rings. The standard InChI is InChI=1S/C17H26N4O/c1-12(7-8-17(2,3)22-4)9-16(20)21-14-5-6-15(19)13(10-14)11-18/h5-6,9-11,18H,7-8,19H2,1-4H3,(H2,20,21)/b12-9-,18-11?. The van der Waals surface area contributed by atoms with E-state index in [0.29, 0.717) is 22.8 Å². The van der Waals surface area contributed by atoms with Gasteiger partial charge in [0.15, 0.2) is 0 Å². The van der Waals surface area contributed by atoms with Gasteiger partial charge >= 0.3 is 0 Å². The molecule has 120 valence electrons. The molecule has 0 amide bonds. The molecule has 0 saturated heterocycles. The smallest absolute Gasteiger partial charge is 0.123 e. The Labute approximate surface area is 132 Å². The molecule has 1 aromatic rings. The van der Waals surface area contributed by atoms with E-state index in [-0.39, 0.29) is 5.60 Å². The van der Waals surface area contributed by atoms with Crippen LogP contribution in [-0.4, -0.2) is 24.8 Å². The van der Waals surface area contributed by atoms with Crippen LogP contribution >= 0.6 is 0 Å². The Morgan fingerprint density at radius 2 is 2.09 bits per heavy atom. The molecule has 5 N–H and O–H groups in total. The van der Waals surface area contributed by atoms with Crippen LogP contribution in [0.1, 0.15) is 39.2 Å². The molecule has 0 aliphatic carbocycles. The van der Waals surface area contributed by atoms with Crippen LogP contribution < -0.4 is 11.5 Å². The maximum Gasteiger partial charge on any atom is 0.123 e. The Kier molecular flexibility index (Phi) is 6.31. The summed E-state index contributed by atoms with van der Waals surface area (Å²) >= 11 is 0. The first kappa shape index (κ1) is 17.9. The van der Waals surface area contributed by atoms with Crippen molar-refractivity contribution in [2.45, 2.75) is 39.2 Å². The summed E-state index contributed by atoms with van der Waals surface area (Å²) in [6.07, 6.45) is 4.88. The molecule has 0 radical (unpaired) electrons. The Morgan fingerprint density at radius 1 is 1.41 bits per heavy atom. The van der Waals surface area contributed by atoms with E-state index in [9.17, 15) is 0 Å². The van der Waals surface area contributed by atoms with Crippen molar-refractivity contribution in [2.75, 3.05) is 12.8 Å². The summed E-state index contributed by atoms with van der Waals surface area (Å²) in [5.74, 6) is 0.438. The highest BCUT2D eigenvalue weighted by atomic mass is 16.5. The van der Waals surface area contributed by atoms with Crippen LogP contribution in [0.5, 0.6) is 0 Å². The molecule has 0 bridgehead atoms. The summed E-state index contributed by atoms with van der Waals surface area (Å²) in [4.78, 5) is 4.34. The number of aliphatic imine (C=N–C) groups is 1. The lowest BCUT2D eigenvalue weighted by atomic mass is 9.99. The quantitative estimate of drug-likeness (QED) is 0.409. The molecule has 0 saturated carbocycles. The summed E-state index contributed by atoms with van der Waals surface area (Å²) in [6.45, 7) is 6.15. The zero-order valence-corrected chi connectivity index (χ0v) is 13.8. The normalized spacial score (nSPS) is 13.3. The summed E-state index contributed by atoms with van der Waals surface area (Å²) < 4.78 is 5.40. The topological polar surface area (TPSA) is 97.5 Å².